The van der Waals surface area contributed by atoms with Gasteiger partial charge < -0.3 is 10.2 Å². The first-order chi connectivity index (χ1) is 10.5. The molecule has 22 heavy (non-hydrogen) atoms. The lowest BCUT2D eigenvalue weighted by molar-refractivity contribution is -0.116. The number of benzene rings is 2. The van der Waals surface area contributed by atoms with Crippen molar-refractivity contribution in [1.82, 2.24) is 4.90 Å². The normalized spacial score (nSPS) is 10.1. The molecule has 2 amide bonds. The summed E-state index contributed by atoms with van der Waals surface area (Å²) >= 11 is 6.71. The van der Waals surface area contributed by atoms with Crippen molar-refractivity contribution in [3.8, 4) is 0 Å². The fourth-order valence-corrected chi connectivity index (χ4v) is 2.72. The predicted octanol–water partition coefficient (Wildman–Crippen LogP) is 3.92. The zero-order valence-electron chi connectivity index (χ0n) is 11.8. The van der Waals surface area contributed by atoms with Gasteiger partial charge in [-0.15, -0.1) is 0 Å². The third kappa shape index (κ3) is 4.18. The van der Waals surface area contributed by atoms with Crippen LogP contribution in [0.25, 0.3) is 0 Å². The number of likely N-dealkylation sites (N-methyl/N-ethyl adjacent to an activating group) is 1. The number of carbonyl (C=O) groups excluding carboxylic acids is 2. The average molecular weight is 426 g/mol. The molecule has 0 saturated heterocycles. The monoisotopic (exact) mass is 424 g/mol. The number of para-hydroxylation sites is 1. The highest BCUT2D eigenvalue weighted by molar-refractivity contribution is 9.11. The molecule has 2 aromatic rings. The average Bonchev–Trinajstić information content (AvgIpc) is 2.49. The summed E-state index contributed by atoms with van der Waals surface area (Å²) in [5.74, 6) is -0.468. The lowest BCUT2D eigenvalue weighted by Crippen LogP contribution is -2.35. The summed E-state index contributed by atoms with van der Waals surface area (Å²) in [6.07, 6.45) is 0. The van der Waals surface area contributed by atoms with E-state index in [4.69, 9.17) is 0 Å². The molecule has 4 nitrogen and oxygen atoms in total. The van der Waals surface area contributed by atoms with E-state index < -0.39 is 0 Å². The smallest absolute Gasteiger partial charge is 0.255 e. The van der Waals surface area contributed by atoms with Crippen molar-refractivity contribution in [2.75, 3.05) is 18.9 Å². The number of hydrogen-bond donors (Lipinski definition) is 1. The van der Waals surface area contributed by atoms with E-state index in [1.165, 1.54) is 4.90 Å². The van der Waals surface area contributed by atoms with Gasteiger partial charge in [0.1, 0.15) is 0 Å². The van der Waals surface area contributed by atoms with Crippen molar-refractivity contribution in [2.24, 2.45) is 0 Å². The first-order valence-electron chi connectivity index (χ1n) is 6.53. The molecule has 114 valence electrons. The van der Waals surface area contributed by atoms with Crippen LogP contribution in [-0.4, -0.2) is 30.3 Å². The van der Waals surface area contributed by atoms with Crippen LogP contribution in [-0.2, 0) is 4.79 Å². The van der Waals surface area contributed by atoms with Gasteiger partial charge in [0, 0.05) is 16.0 Å². The highest BCUT2D eigenvalue weighted by atomic mass is 79.9. The number of anilines is 1. The van der Waals surface area contributed by atoms with Gasteiger partial charge in [0.15, 0.2) is 0 Å². The standard InChI is InChI=1S/C16H14Br2N2O2/c1-20(16(22)11-6-2-3-7-12(11)17)10-15(21)19-14-9-5-4-8-13(14)18/h2-9H,10H2,1H3,(H,19,21). The minimum atomic E-state index is -0.255. The van der Waals surface area contributed by atoms with Crippen molar-refractivity contribution in [3.05, 3.63) is 63.0 Å². The van der Waals surface area contributed by atoms with Crippen LogP contribution in [0.3, 0.4) is 0 Å². The van der Waals surface area contributed by atoms with Crippen molar-refractivity contribution < 1.29 is 9.59 Å². The van der Waals surface area contributed by atoms with E-state index in [2.05, 4.69) is 37.2 Å². The molecular weight excluding hydrogens is 412 g/mol. The molecule has 0 unspecified atom stereocenters. The maximum atomic E-state index is 12.3. The number of nitrogens with one attached hydrogen (secondary N) is 1. The second-order valence-electron chi connectivity index (χ2n) is 4.67. The SMILES string of the molecule is CN(CC(=O)Nc1ccccc1Br)C(=O)c1ccccc1Br. The largest absolute Gasteiger partial charge is 0.332 e. The van der Waals surface area contributed by atoms with Crippen LogP contribution in [0.2, 0.25) is 0 Å². The summed E-state index contributed by atoms with van der Waals surface area (Å²) in [4.78, 5) is 25.8. The molecule has 0 aliphatic rings. The number of hydrogen-bond acceptors (Lipinski definition) is 2. The second kappa shape index (κ2) is 7.56. The Labute approximate surface area is 145 Å². The van der Waals surface area contributed by atoms with E-state index in [0.717, 1.165) is 4.47 Å². The summed E-state index contributed by atoms with van der Waals surface area (Å²) < 4.78 is 1.50. The highest BCUT2D eigenvalue weighted by Crippen LogP contribution is 2.21. The Morgan fingerprint density at radius 1 is 1.00 bits per heavy atom. The molecule has 0 spiro atoms. The van der Waals surface area contributed by atoms with Gasteiger partial charge in [-0.2, -0.15) is 0 Å². The van der Waals surface area contributed by atoms with Crippen LogP contribution in [0.15, 0.2) is 57.5 Å². The fraction of sp³-hybridized carbons (Fsp3) is 0.125. The van der Waals surface area contributed by atoms with Gasteiger partial charge in [0.05, 0.1) is 17.8 Å². The van der Waals surface area contributed by atoms with E-state index in [1.54, 1.807) is 31.3 Å². The number of rotatable bonds is 4. The third-order valence-corrected chi connectivity index (χ3v) is 4.36. The maximum absolute atomic E-state index is 12.3. The van der Waals surface area contributed by atoms with Crippen LogP contribution in [0.1, 0.15) is 10.4 Å². The van der Waals surface area contributed by atoms with Gasteiger partial charge in [-0.05, 0) is 56.1 Å². The second-order valence-corrected chi connectivity index (χ2v) is 6.38. The molecular formula is C16H14Br2N2O2. The Morgan fingerprint density at radius 2 is 1.59 bits per heavy atom. The summed E-state index contributed by atoms with van der Waals surface area (Å²) in [5.41, 5.74) is 1.20. The number of halogens is 2. The van der Waals surface area contributed by atoms with E-state index in [9.17, 15) is 9.59 Å². The fourth-order valence-electron chi connectivity index (χ4n) is 1.88. The molecule has 0 saturated carbocycles. The molecule has 0 aliphatic heterocycles. The summed E-state index contributed by atoms with van der Waals surface area (Å²) in [6, 6.07) is 14.5. The van der Waals surface area contributed by atoms with Gasteiger partial charge in [-0.3, -0.25) is 9.59 Å². The zero-order valence-corrected chi connectivity index (χ0v) is 15.0. The van der Waals surface area contributed by atoms with E-state index in [-0.39, 0.29) is 18.4 Å². The minimum Gasteiger partial charge on any atom is -0.332 e. The lowest BCUT2D eigenvalue weighted by atomic mass is 10.2. The predicted molar refractivity (Wildman–Crippen MR) is 93.9 cm³/mol. The molecule has 6 heteroatoms. The maximum Gasteiger partial charge on any atom is 0.255 e. The molecule has 0 aromatic heterocycles. The van der Waals surface area contributed by atoms with Crippen LogP contribution < -0.4 is 5.32 Å². The van der Waals surface area contributed by atoms with E-state index in [1.807, 2.05) is 24.3 Å². The first kappa shape index (κ1) is 16.7. The van der Waals surface area contributed by atoms with Gasteiger partial charge in [0.25, 0.3) is 5.91 Å². The number of amides is 2. The summed E-state index contributed by atoms with van der Waals surface area (Å²) in [6.45, 7) is -0.0263. The lowest BCUT2D eigenvalue weighted by Gasteiger charge is -2.18. The van der Waals surface area contributed by atoms with Crippen LogP contribution >= 0.6 is 31.9 Å². The van der Waals surface area contributed by atoms with Crippen LogP contribution in [0.4, 0.5) is 5.69 Å². The topological polar surface area (TPSA) is 49.4 Å². The Morgan fingerprint density at radius 3 is 2.23 bits per heavy atom. The quantitative estimate of drug-likeness (QED) is 0.806. The van der Waals surface area contributed by atoms with Crippen LogP contribution in [0.5, 0.6) is 0 Å². The van der Waals surface area contributed by atoms with Crippen molar-refractivity contribution >= 4 is 49.4 Å². The number of nitrogens with zero attached hydrogens (tertiary/aromatic N) is 1. The highest BCUT2D eigenvalue weighted by Gasteiger charge is 2.17. The summed E-state index contributed by atoms with van der Waals surface area (Å²) in [5, 5.41) is 2.77. The Kier molecular flexibility index (Phi) is 5.74. The molecule has 1 N–H and O–H groups in total. The van der Waals surface area contributed by atoms with Crippen molar-refractivity contribution in [2.45, 2.75) is 0 Å². The molecule has 0 heterocycles. The Balaban J connectivity index is 2.01. The van der Waals surface area contributed by atoms with Crippen LogP contribution in [0, 0.1) is 0 Å². The van der Waals surface area contributed by atoms with E-state index >= 15 is 0 Å². The first-order valence-corrected chi connectivity index (χ1v) is 8.12. The zero-order chi connectivity index (χ0) is 16.1. The Hall–Kier alpha value is -1.66. The molecule has 0 fully saturated rings. The summed E-state index contributed by atoms with van der Waals surface area (Å²) in [7, 11) is 1.60. The van der Waals surface area contributed by atoms with E-state index in [0.29, 0.717) is 15.7 Å². The molecule has 0 atom stereocenters. The minimum absolute atomic E-state index is 0.0263. The van der Waals surface area contributed by atoms with Gasteiger partial charge in [-0.25, -0.2) is 0 Å². The van der Waals surface area contributed by atoms with Crippen molar-refractivity contribution in [1.29, 1.82) is 0 Å². The van der Waals surface area contributed by atoms with Crippen molar-refractivity contribution in [3.63, 3.8) is 0 Å². The number of carbonyl (C=O) groups is 2. The molecule has 0 bridgehead atoms. The third-order valence-electron chi connectivity index (χ3n) is 2.98. The van der Waals surface area contributed by atoms with Gasteiger partial charge in [0.2, 0.25) is 5.91 Å². The molecule has 2 aromatic carbocycles. The Bertz CT molecular complexity index is 704. The molecule has 0 aliphatic carbocycles. The van der Waals surface area contributed by atoms with Gasteiger partial charge >= 0.3 is 0 Å². The molecule has 2 rings (SSSR count). The van der Waals surface area contributed by atoms with Gasteiger partial charge in [-0.1, -0.05) is 24.3 Å². The molecule has 0 radical (unpaired) electrons.